The lowest BCUT2D eigenvalue weighted by Crippen LogP contribution is -2.29. The third-order valence-electron chi connectivity index (χ3n) is 9.17. The van der Waals surface area contributed by atoms with Crippen LogP contribution in [0.15, 0.2) is 24.3 Å². The van der Waals surface area contributed by atoms with Gasteiger partial charge in [-0.1, -0.05) is 148 Å². The second-order valence-corrected chi connectivity index (χ2v) is 16.1. The van der Waals surface area contributed by atoms with Crippen LogP contribution in [0.5, 0.6) is 0 Å². The van der Waals surface area contributed by atoms with E-state index in [1.165, 1.54) is 103 Å². The maximum absolute atomic E-state index is 13.0. The van der Waals surface area contributed by atoms with E-state index in [0.717, 1.165) is 64.2 Å². The second-order valence-electron chi connectivity index (χ2n) is 14.5. The molecule has 0 aromatic heterocycles. The Hall–Kier alpha value is -1.47. The first kappa shape index (κ1) is 51.5. The van der Waals surface area contributed by atoms with Crippen LogP contribution >= 0.6 is 7.82 Å². The highest BCUT2D eigenvalue weighted by atomic mass is 31.2. The van der Waals surface area contributed by atoms with Gasteiger partial charge in [0.05, 0.1) is 19.8 Å². The van der Waals surface area contributed by atoms with E-state index >= 15 is 0 Å². The number of allylic oxidation sites excluding steroid dienone is 4. The van der Waals surface area contributed by atoms with Crippen molar-refractivity contribution in [2.24, 2.45) is 0 Å². The number of carbonyl (C=O) groups is 2. The number of ether oxygens (including phenoxy) is 2. The van der Waals surface area contributed by atoms with Crippen LogP contribution < -0.4 is 0 Å². The van der Waals surface area contributed by atoms with Crippen LogP contribution in [0.4, 0.5) is 0 Å². The highest BCUT2D eigenvalue weighted by Gasteiger charge is 2.29. The molecule has 0 aliphatic heterocycles. The van der Waals surface area contributed by atoms with Gasteiger partial charge in [-0.3, -0.25) is 23.2 Å². The molecule has 0 saturated carbocycles. The second kappa shape index (κ2) is 40.2. The van der Waals surface area contributed by atoms with E-state index in [4.69, 9.17) is 23.0 Å². The number of phosphoric ester groups is 1. The third kappa shape index (κ3) is 37.2. The van der Waals surface area contributed by atoms with Crippen molar-refractivity contribution in [3.63, 3.8) is 0 Å². The van der Waals surface area contributed by atoms with Gasteiger partial charge in [0.25, 0.3) is 0 Å². The van der Waals surface area contributed by atoms with Gasteiger partial charge >= 0.3 is 19.8 Å². The van der Waals surface area contributed by atoms with E-state index in [2.05, 4.69) is 38.2 Å². The van der Waals surface area contributed by atoms with Crippen LogP contribution in [0.25, 0.3) is 0 Å². The summed E-state index contributed by atoms with van der Waals surface area (Å²) in [5.74, 6) is -0.721. The van der Waals surface area contributed by atoms with Crippen LogP contribution in [0, 0.1) is 0 Å². The molecule has 0 aromatic carbocycles. The van der Waals surface area contributed by atoms with Crippen LogP contribution in [-0.4, -0.2) is 44.5 Å². The molecule has 0 bridgehead atoms. The van der Waals surface area contributed by atoms with Gasteiger partial charge in [-0.05, 0) is 77.6 Å². The lowest BCUT2D eigenvalue weighted by Gasteiger charge is -2.22. The highest BCUT2D eigenvalue weighted by Crippen LogP contribution is 2.49. The predicted molar refractivity (Wildman–Crippen MR) is 221 cm³/mol. The molecular weight excluding hydrogens is 687 g/mol. The molecule has 312 valence electrons. The lowest BCUT2D eigenvalue weighted by molar-refractivity contribution is -0.161. The first-order valence-electron chi connectivity index (χ1n) is 22.1. The van der Waals surface area contributed by atoms with Gasteiger partial charge in [0.1, 0.15) is 6.61 Å². The Morgan fingerprint density at radius 3 is 1.32 bits per heavy atom. The summed E-state index contributed by atoms with van der Waals surface area (Å²) >= 11 is 0. The van der Waals surface area contributed by atoms with Crippen molar-refractivity contribution in [3.8, 4) is 0 Å². The Bertz CT molecular complexity index is 921. The lowest BCUT2D eigenvalue weighted by atomic mass is 10.1. The highest BCUT2D eigenvalue weighted by molar-refractivity contribution is 7.48. The van der Waals surface area contributed by atoms with Gasteiger partial charge in [-0.15, -0.1) is 0 Å². The third-order valence-corrected chi connectivity index (χ3v) is 10.7. The van der Waals surface area contributed by atoms with Gasteiger partial charge < -0.3 is 9.47 Å². The van der Waals surface area contributed by atoms with E-state index in [1.54, 1.807) is 6.92 Å². The van der Waals surface area contributed by atoms with Crippen molar-refractivity contribution in [1.82, 2.24) is 0 Å². The molecule has 0 N–H and O–H groups in total. The maximum atomic E-state index is 13.0. The topological polar surface area (TPSA) is 97.4 Å². The molecular formula is C44H83O8P. The van der Waals surface area contributed by atoms with Crippen LogP contribution in [-0.2, 0) is 37.2 Å². The average molecular weight is 771 g/mol. The van der Waals surface area contributed by atoms with E-state index in [9.17, 15) is 14.2 Å². The number of phosphoric acid groups is 1. The summed E-state index contributed by atoms with van der Waals surface area (Å²) in [6.07, 6.45) is 40.5. The molecule has 0 spiro atoms. The van der Waals surface area contributed by atoms with Crippen LogP contribution in [0.1, 0.15) is 214 Å². The Balaban J connectivity index is 4.37. The van der Waals surface area contributed by atoms with E-state index in [0.29, 0.717) is 12.8 Å². The predicted octanol–water partition coefficient (Wildman–Crippen LogP) is 14.1. The molecule has 0 amide bonds. The fourth-order valence-corrected chi connectivity index (χ4v) is 7.24. The van der Waals surface area contributed by atoms with Crippen molar-refractivity contribution in [2.45, 2.75) is 220 Å². The molecule has 53 heavy (non-hydrogen) atoms. The molecule has 0 aliphatic rings. The minimum absolute atomic E-state index is 0.145. The Labute approximate surface area is 326 Å². The zero-order chi connectivity index (χ0) is 38.9. The number of carbonyl (C=O) groups excluding carboxylic acids is 2. The molecule has 9 heteroatoms. The van der Waals surface area contributed by atoms with Gasteiger partial charge in [-0.2, -0.15) is 0 Å². The number of hydrogen-bond donors (Lipinski definition) is 0. The Morgan fingerprint density at radius 2 is 0.887 bits per heavy atom. The standard InChI is InChI=1S/C44H83O8P/c1-5-9-11-13-15-17-19-21-23-25-27-29-31-33-35-37-43(45)48-40-42(41-51-53(47,49-8-4)50-39-7-3)52-44(46)38-36-34-32-30-28-26-24-22-20-18-16-14-12-10-6-2/h21-24,42H,5-20,25-41H2,1-4H3/b23-21-,24-22-/t42-,53?/m0/s1. The summed E-state index contributed by atoms with van der Waals surface area (Å²) in [4.78, 5) is 25.2. The van der Waals surface area contributed by atoms with Crippen LogP contribution in [0.2, 0.25) is 0 Å². The van der Waals surface area contributed by atoms with Gasteiger partial charge in [0.2, 0.25) is 0 Å². The number of unbranched alkanes of at least 4 members (excludes halogenated alkanes) is 22. The fourth-order valence-electron chi connectivity index (χ4n) is 5.95. The molecule has 0 aliphatic carbocycles. The molecule has 0 rings (SSSR count). The summed E-state index contributed by atoms with van der Waals surface area (Å²) in [6, 6.07) is 0. The first-order chi connectivity index (χ1) is 25.9. The van der Waals surface area contributed by atoms with Crippen molar-refractivity contribution < 1.29 is 37.2 Å². The first-order valence-corrected chi connectivity index (χ1v) is 23.5. The van der Waals surface area contributed by atoms with Gasteiger partial charge in [0.15, 0.2) is 6.10 Å². The van der Waals surface area contributed by atoms with Crippen LogP contribution in [0.3, 0.4) is 0 Å². The molecule has 0 fully saturated rings. The summed E-state index contributed by atoms with van der Waals surface area (Å²) < 4.78 is 40.2. The van der Waals surface area contributed by atoms with Crippen molar-refractivity contribution in [1.29, 1.82) is 0 Å². The minimum atomic E-state index is -3.82. The summed E-state index contributed by atoms with van der Waals surface area (Å²) in [6.45, 7) is 8.04. The number of esters is 2. The number of hydrogen-bond acceptors (Lipinski definition) is 8. The molecule has 2 atom stereocenters. The minimum Gasteiger partial charge on any atom is -0.462 e. The summed E-state index contributed by atoms with van der Waals surface area (Å²) in [5.41, 5.74) is 0. The SMILES string of the molecule is CCCCCCCC/C=C\CCCCCCCC(=O)OC[C@@H](COP(=O)(OCC)OCCC)OC(=O)CCCCCCC/C=C\CCCCCCCC. The Morgan fingerprint density at radius 1 is 0.472 bits per heavy atom. The van der Waals surface area contributed by atoms with Crippen molar-refractivity contribution in [2.75, 3.05) is 26.4 Å². The number of rotatable bonds is 41. The largest absolute Gasteiger partial charge is 0.474 e. The normalized spacial score (nSPS) is 13.5. The van der Waals surface area contributed by atoms with E-state index in [1.807, 2.05) is 6.92 Å². The summed E-state index contributed by atoms with van der Waals surface area (Å²) in [7, 11) is -3.82. The van der Waals surface area contributed by atoms with Gasteiger partial charge in [0, 0.05) is 12.8 Å². The molecule has 0 radical (unpaired) electrons. The average Bonchev–Trinajstić information content (AvgIpc) is 3.15. The molecule has 1 unspecified atom stereocenters. The van der Waals surface area contributed by atoms with E-state index in [-0.39, 0.29) is 44.8 Å². The molecule has 0 aromatic rings. The zero-order valence-electron chi connectivity index (χ0n) is 34.9. The van der Waals surface area contributed by atoms with Gasteiger partial charge in [-0.25, -0.2) is 4.57 Å². The molecule has 8 nitrogen and oxygen atoms in total. The maximum Gasteiger partial charge on any atom is 0.474 e. The molecule has 0 saturated heterocycles. The zero-order valence-corrected chi connectivity index (χ0v) is 35.8. The van der Waals surface area contributed by atoms with Crippen molar-refractivity contribution >= 4 is 19.8 Å². The van der Waals surface area contributed by atoms with E-state index < -0.39 is 13.9 Å². The Kier molecular flexibility index (Phi) is 39.1. The molecule has 0 heterocycles. The quantitative estimate of drug-likeness (QED) is 0.0262. The summed E-state index contributed by atoms with van der Waals surface area (Å²) in [5, 5.41) is 0. The van der Waals surface area contributed by atoms with Crippen molar-refractivity contribution in [3.05, 3.63) is 24.3 Å². The fraction of sp³-hybridized carbons (Fsp3) is 0.864. The monoisotopic (exact) mass is 771 g/mol. The smallest absolute Gasteiger partial charge is 0.462 e.